The van der Waals surface area contributed by atoms with Gasteiger partial charge in [-0.25, -0.2) is 0 Å². The highest BCUT2D eigenvalue weighted by Crippen LogP contribution is 2.17. The van der Waals surface area contributed by atoms with E-state index in [2.05, 4.69) is 15.9 Å². The van der Waals surface area contributed by atoms with Gasteiger partial charge >= 0.3 is 0 Å². The van der Waals surface area contributed by atoms with Gasteiger partial charge in [-0.1, -0.05) is 76.6 Å². The van der Waals surface area contributed by atoms with E-state index < -0.39 is 0 Å². The van der Waals surface area contributed by atoms with Gasteiger partial charge in [-0.3, -0.25) is 4.79 Å². The number of carbonyl (C=O) groups excluding carboxylic acids is 1. The molecule has 0 aliphatic rings. The Morgan fingerprint density at radius 2 is 1.72 bits per heavy atom. The van der Waals surface area contributed by atoms with Gasteiger partial charge in [0.25, 0.3) is 0 Å². The maximum Gasteiger partial charge on any atom is 0.185 e. The second kappa shape index (κ2) is 8.45. The molecule has 0 saturated heterocycles. The standard InChI is InChI=1S/C22H17BrO2/c23-20-10-5-9-19(15-20)22(24)13-12-17-8-4-11-21(14-17)25-16-18-6-2-1-3-7-18/h1-15H,16H2. The highest BCUT2D eigenvalue weighted by molar-refractivity contribution is 9.10. The van der Waals surface area contributed by atoms with Crippen LogP contribution in [-0.4, -0.2) is 5.78 Å². The molecule has 0 aliphatic heterocycles. The SMILES string of the molecule is O=C(C=Cc1cccc(OCc2ccccc2)c1)c1cccc(Br)c1. The Morgan fingerprint density at radius 1 is 0.920 bits per heavy atom. The third-order valence-electron chi connectivity index (χ3n) is 3.64. The number of benzene rings is 3. The molecule has 0 radical (unpaired) electrons. The zero-order valence-electron chi connectivity index (χ0n) is 13.6. The molecule has 0 spiro atoms. The Balaban J connectivity index is 1.66. The van der Waals surface area contributed by atoms with Crippen LogP contribution in [0.25, 0.3) is 6.08 Å². The van der Waals surface area contributed by atoms with Crippen molar-refractivity contribution in [2.75, 3.05) is 0 Å². The van der Waals surface area contributed by atoms with Crippen LogP contribution in [-0.2, 0) is 6.61 Å². The maximum atomic E-state index is 12.2. The lowest BCUT2D eigenvalue weighted by Crippen LogP contribution is -1.95. The molecule has 0 amide bonds. The number of halogens is 1. The molecule has 2 nitrogen and oxygen atoms in total. The van der Waals surface area contributed by atoms with Crippen molar-refractivity contribution in [3.63, 3.8) is 0 Å². The third kappa shape index (κ3) is 5.16. The maximum absolute atomic E-state index is 12.2. The summed E-state index contributed by atoms with van der Waals surface area (Å²) in [6.45, 7) is 0.519. The lowest BCUT2D eigenvalue weighted by atomic mass is 10.1. The summed E-state index contributed by atoms with van der Waals surface area (Å²) in [5, 5.41) is 0. The monoisotopic (exact) mass is 392 g/mol. The van der Waals surface area contributed by atoms with Gasteiger partial charge in [-0.05, 0) is 41.5 Å². The highest BCUT2D eigenvalue weighted by atomic mass is 79.9. The molecular weight excluding hydrogens is 376 g/mol. The van der Waals surface area contributed by atoms with Crippen LogP contribution in [0.1, 0.15) is 21.5 Å². The lowest BCUT2D eigenvalue weighted by Gasteiger charge is -2.06. The van der Waals surface area contributed by atoms with Crippen LogP contribution in [0.3, 0.4) is 0 Å². The molecule has 0 unspecified atom stereocenters. The van der Waals surface area contributed by atoms with Crippen LogP contribution in [0.2, 0.25) is 0 Å². The van der Waals surface area contributed by atoms with Gasteiger partial charge in [0, 0.05) is 10.0 Å². The molecule has 3 aromatic rings. The zero-order valence-corrected chi connectivity index (χ0v) is 15.1. The fourth-order valence-corrected chi connectivity index (χ4v) is 2.76. The molecule has 0 atom stereocenters. The fourth-order valence-electron chi connectivity index (χ4n) is 2.36. The molecule has 0 fully saturated rings. The van der Waals surface area contributed by atoms with E-state index >= 15 is 0 Å². The number of rotatable bonds is 6. The first-order chi connectivity index (χ1) is 12.2. The summed E-state index contributed by atoms with van der Waals surface area (Å²) in [5.41, 5.74) is 2.70. The molecule has 3 aromatic carbocycles. The van der Waals surface area contributed by atoms with Gasteiger partial charge in [0.05, 0.1) is 0 Å². The van der Waals surface area contributed by atoms with E-state index in [9.17, 15) is 4.79 Å². The van der Waals surface area contributed by atoms with E-state index in [0.29, 0.717) is 12.2 Å². The lowest BCUT2D eigenvalue weighted by molar-refractivity contribution is 0.104. The van der Waals surface area contributed by atoms with Gasteiger partial charge in [0.15, 0.2) is 5.78 Å². The molecule has 0 bridgehead atoms. The molecule has 25 heavy (non-hydrogen) atoms. The second-order valence-electron chi connectivity index (χ2n) is 5.55. The van der Waals surface area contributed by atoms with Crippen molar-refractivity contribution < 1.29 is 9.53 Å². The van der Waals surface area contributed by atoms with Crippen LogP contribution in [0, 0.1) is 0 Å². The van der Waals surface area contributed by atoms with Crippen LogP contribution in [0.4, 0.5) is 0 Å². The molecule has 3 rings (SSSR count). The Bertz CT molecular complexity index is 885. The Labute approximate surface area is 155 Å². The topological polar surface area (TPSA) is 26.3 Å². The molecule has 124 valence electrons. The fraction of sp³-hybridized carbons (Fsp3) is 0.0455. The largest absolute Gasteiger partial charge is 0.489 e. The normalized spacial score (nSPS) is 10.8. The molecule has 0 saturated carbocycles. The molecule has 3 heteroatoms. The zero-order chi connectivity index (χ0) is 17.5. The molecule has 0 heterocycles. The van der Waals surface area contributed by atoms with Crippen molar-refractivity contribution in [2.45, 2.75) is 6.61 Å². The van der Waals surface area contributed by atoms with Crippen molar-refractivity contribution in [3.05, 3.63) is 106 Å². The van der Waals surface area contributed by atoms with Crippen LogP contribution in [0.15, 0.2) is 89.4 Å². The number of ether oxygens (including phenoxy) is 1. The summed E-state index contributed by atoms with van der Waals surface area (Å²) < 4.78 is 6.71. The molecule has 0 aliphatic carbocycles. The van der Waals surface area contributed by atoms with Crippen LogP contribution in [0.5, 0.6) is 5.75 Å². The smallest absolute Gasteiger partial charge is 0.185 e. The van der Waals surface area contributed by atoms with E-state index in [-0.39, 0.29) is 5.78 Å². The summed E-state index contributed by atoms with van der Waals surface area (Å²) >= 11 is 3.38. The Morgan fingerprint density at radius 3 is 2.52 bits per heavy atom. The minimum Gasteiger partial charge on any atom is -0.489 e. The van der Waals surface area contributed by atoms with Gasteiger partial charge in [-0.15, -0.1) is 0 Å². The van der Waals surface area contributed by atoms with Crippen molar-refractivity contribution >= 4 is 27.8 Å². The summed E-state index contributed by atoms with van der Waals surface area (Å²) in [6, 6.07) is 25.1. The first-order valence-electron chi connectivity index (χ1n) is 7.95. The van der Waals surface area contributed by atoms with Crippen LogP contribution < -0.4 is 4.74 Å². The Kier molecular flexibility index (Phi) is 5.81. The van der Waals surface area contributed by atoms with Crippen molar-refractivity contribution in [1.29, 1.82) is 0 Å². The average molecular weight is 393 g/mol. The van der Waals surface area contributed by atoms with Crippen LogP contribution >= 0.6 is 15.9 Å². The summed E-state index contributed by atoms with van der Waals surface area (Å²) in [6.07, 6.45) is 3.39. The van der Waals surface area contributed by atoms with E-state index in [4.69, 9.17) is 4.74 Å². The quantitative estimate of drug-likeness (QED) is 0.384. The van der Waals surface area contributed by atoms with Crippen molar-refractivity contribution in [2.24, 2.45) is 0 Å². The van der Waals surface area contributed by atoms with Gasteiger partial charge in [0.2, 0.25) is 0 Å². The first kappa shape index (κ1) is 17.2. The predicted octanol–water partition coefficient (Wildman–Crippen LogP) is 5.92. The van der Waals surface area contributed by atoms with E-state index in [1.54, 1.807) is 18.2 Å². The minimum absolute atomic E-state index is 0.0306. The summed E-state index contributed by atoms with van der Waals surface area (Å²) in [4.78, 5) is 12.2. The Hall–Kier alpha value is -2.65. The third-order valence-corrected chi connectivity index (χ3v) is 4.14. The average Bonchev–Trinajstić information content (AvgIpc) is 2.66. The highest BCUT2D eigenvalue weighted by Gasteiger charge is 2.02. The van der Waals surface area contributed by atoms with Gasteiger partial charge in [0.1, 0.15) is 12.4 Å². The van der Waals surface area contributed by atoms with Crippen molar-refractivity contribution in [1.82, 2.24) is 0 Å². The number of hydrogen-bond acceptors (Lipinski definition) is 2. The van der Waals surface area contributed by atoms with E-state index in [1.165, 1.54) is 0 Å². The molecule has 0 N–H and O–H groups in total. The molecular formula is C22H17BrO2. The number of allylic oxidation sites excluding steroid dienone is 1. The predicted molar refractivity (Wildman–Crippen MR) is 105 cm³/mol. The van der Waals surface area contributed by atoms with Gasteiger partial charge in [-0.2, -0.15) is 0 Å². The number of carbonyl (C=O) groups is 1. The van der Waals surface area contributed by atoms with Crippen molar-refractivity contribution in [3.8, 4) is 5.75 Å². The molecule has 0 aromatic heterocycles. The number of ketones is 1. The van der Waals surface area contributed by atoms with E-state index in [1.807, 2.05) is 72.8 Å². The first-order valence-corrected chi connectivity index (χ1v) is 8.75. The summed E-state index contributed by atoms with van der Waals surface area (Å²) in [5.74, 6) is 0.748. The minimum atomic E-state index is -0.0306. The number of hydrogen-bond donors (Lipinski definition) is 0. The van der Waals surface area contributed by atoms with Gasteiger partial charge < -0.3 is 4.74 Å². The second-order valence-corrected chi connectivity index (χ2v) is 6.47. The van der Waals surface area contributed by atoms with E-state index in [0.717, 1.165) is 21.3 Å². The summed E-state index contributed by atoms with van der Waals surface area (Å²) in [7, 11) is 0.